The van der Waals surface area contributed by atoms with Gasteiger partial charge in [0.25, 0.3) is 0 Å². The second-order valence-electron chi connectivity index (χ2n) is 4.79. The van der Waals surface area contributed by atoms with Crippen molar-refractivity contribution in [3.63, 3.8) is 0 Å². The number of nitrogens with two attached hydrogens (primary N) is 1. The molecule has 0 fully saturated rings. The lowest BCUT2D eigenvalue weighted by atomic mass is 10.0. The second-order valence-corrected chi connectivity index (χ2v) is 4.79. The molecule has 0 aliphatic rings. The molecule has 0 saturated carbocycles. The molecular weight excluding hydrogens is 232 g/mol. The number of anilines is 1. The minimum Gasteiger partial charge on any atom is -0.363 e. The van der Waals surface area contributed by atoms with Crippen molar-refractivity contribution < 1.29 is 0 Å². The highest BCUT2D eigenvalue weighted by Crippen LogP contribution is 2.26. The van der Waals surface area contributed by atoms with Gasteiger partial charge in [0, 0.05) is 18.8 Å². The van der Waals surface area contributed by atoms with Crippen molar-refractivity contribution in [2.24, 2.45) is 5.73 Å². The summed E-state index contributed by atoms with van der Waals surface area (Å²) in [4.78, 5) is 2.36. The maximum Gasteiger partial charge on any atom is 0.0664 e. The van der Waals surface area contributed by atoms with Crippen LogP contribution in [0.1, 0.15) is 24.1 Å². The maximum atomic E-state index is 6.01. The molecule has 2 rings (SSSR count). The summed E-state index contributed by atoms with van der Waals surface area (Å²) in [7, 11) is 0. The zero-order chi connectivity index (χ0) is 13.7. The van der Waals surface area contributed by atoms with Gasteiger partial charge in [0.15, 0.2) is 0 Å². The number of rotatable bonds is 5. The predicted octanol–water partition coefficient (Wildman–Crippen LogP) is 3.52. The number of benzene rings is 2. The Kier molecular flexibility index (Phi) is 4.58. The van der Waals surface area contributed by atoms with Gasteiger partial charge in [-0.05, 0) is 37.1 Å². The maximum absolute atomic E-state index is 6.01. The number of nitrogens with zero attached hydrogens (tertiary/aromatic N) is 1. The van der Waals surface area contributed by atoms with Crippen LogP contribution in [0.3, 0.4) is 0 Å². The largest absolute Gasteiger partial charge is 0.363 e. The summed E-state index contributed by atoms with van der Waals surface area (Å²) in [5, 5.41) is 0. The van der Waals surface area contributed by atoms with Crippen molar-refractivity contribution in [1.29, 1.82) is 0 Å². The molecule has 19 heavy (non-hydrogen) atoms. The molecule has 0 spiro atoms. The highest BCUT2D eigenvalue weighted by Gasteiger charge is 2.17. The SMILES string of the molecule is CCN(c1cccc(C)c1)C(CN)c1ccccc1. The molecule has 0 heterocycles. The molecule has 0 aliphatic heterocycles. The molecule has 2 N–H and O–H groups in total. The molecule has 2 aromatic rings. The van der Waals surface area contributed by atoms with Crippen LogP contribution in [0.4, 0.5) is 5.69 Å². The average molecular weight is 254 g/mol. The van der Waals surface area contributed by atoms with Crippen LogP contribution >= 0.6 is 0 Å². The third-order valence-electron chi connectivity index (χ3n) is 3.46. The molecule has 2 heteroatoms. The third-order valence-corrected chi connectivity index (χ3v) is 3.46. The number of likely N-dealkylation sites (N-methyl/N-ethyl adjacent to an activating group) is 1. The lowest BCUT2D eigenvalue weighted by molar-refractivity contribution is 0.643. The monoisotopic (exact) mass is 254 g/mol. The molecule has 0 saturated heterocycles. The highest BCUT2D eigenvalue weighted by atomic mass is 15.2. The molecule has 0 amide bonds. The van der Waals surface area contributed by atoms with Gasteiger partial charge < -0.3 is 10.6 Å². The fraction of sp³-hybridized carbons (Fsp3) is 0.294. The third kappa shape index (κ3) is 3.15. The molecule has 2 aromatic carbocycles. The van der Waals surface area contributed by atoms with Gasteiger partial charge in [-0.1, -0.05) is 42.5 Å². The minimum atomic E-state index is 0.230. The summed E-state index contributed by atoms with van der Waals surface area (Å²) in [6.45, 7) is 5.86. The van der Waals surface area contributed by atoms with Gasteiger partial charge in [0.05, 0.1) is 6.04 Å². The number of aryl methyl sites for hydroxylation is 1. The van der Waals surface area contributed by atoms with Crippen LogP contribution in [0.5, 0.6) is 0 Å². The fourth-order valence-corrected chi connectivity index (χ4v) is 2.51. The Morgan fingerprint density at radius 3 is 2.37 bits per heavy atom. The van der Waals surface area contributed by atoms with Crippen molar-refractivity contribution >= 4 is 5.69 Å². The first kappa shape index (κ1) is 13.6. The molecule has 1 unspecified atom stereocenters. The molecule has 0 bridgehead atoms. The van der Waals surface area contributed by atoms with Crippen LogP contribution in [0, 0.1) is 6.92 Å². The van der Waals surface area contributed by atoms with E-state index >= 15 is 0 Å². The first-order chi connectivity index (χ1) is 9.26. The Balaban J connectivity index is 2.34. The normalized spacial score (nSPS) is 12.2. The van der Waals surface area contributed by atoms with E-state index in [0.29, 0.717) is 6.54 Å². The van der Waals surface area contributed by atoms with Crippen molar-refractivity contribution in [2.75, 3.05) is 18.0 Å². The van der Waals surface area contributed by atoms with Crippen molar-refractivity contribution in [3.8, 4) is 0 Å². The van der Waals surface area contributed by atoms with Crippen LogP contribution in [0.25, 0.3) is 0 Å². The molecular formula is C17H22N2. The topological polar surface area (TPSA) is 29.3 Å². The number of hydrogen-bond acceptors (Lipinski definition) is 2. The number of hydrogen-bond donors (Lipinski definition) is 1. The average Bonchev–Trinajstić information content (AvgIpc) is 2.45. The Hall–Kier alpha value is -1.80. The summed E-state index contributed by atoms with van der Waals surface area (Å²) in [6.07, 6.45) is 0. The standard InChI is InChI=1S/C17H22N2/c1-3-19(16-11-7-8-14(2)12-16)17(13-18)15-9-5-4-6-10-15/h4-12,17H,3,13,18H2,1-2H3. The van der Waals surface area contributed by atoms with E-state index in [4.69, 9.17) is 5.73 Å². The molecule has 1 atom stereocenters. The van der Waals surface area contributed by atoms with Gasteiger partial charge in [0.2, 0.25) is 0 Å². The van der Waals surface area contributed by atoms with E-state index in [1.807, 2.05) is 6.07 Å². The van der Waals surface area contributed by atoms with Crippen LogP contribution < -0.4 is 10.6 Å². The molecule has 0 aliphatic carbocycles. The Morgan fingerprint density at radius 2 is 1.79 bits per heavy atom. The molecule has 0 radical (unpaired) electrons. The summed E-state index contributed by atoms with van der Waals surface area (Å²) in [6, 6.07) is 19.3. The van der Waals surface area contributed by atoms with E-state index in [1.54, 1.807) is 0 Å². The highest BCUT2D eigenvalue weighted by molar-refractivity contribution is 5.50. The van der Waals surface area contributed by atoms with Gasteiger partial charge in [-0.25, -0.2) is 0 Å². The van der Waals surface area contributed by atoms with Crippen molar-refractivity contribution in [2.45, 2.75) is 19.9 Å². The summed E-state index contributed by atoms with van der Waals surface area (Å²) in [5.41, 5.74) is 9.80. The van der Waals surface area contributed by atoms with E-state index in [0.717, 1.165) is 6.54 Å². The summed E-state index contributed by atoms with van der Waals surface area (Å²) >= 11 is 0. The smallest absolute Gasteiger partial charge is 0.0664 e. The minimum absolute atomic E-state index is 0.230. The van der Waals surface area contributed by atoms with Gasteiger partial charge in [-0.3, -0.25) is 0 Å². The zero-order valence-electron chi connectivity index (χ0n) is 11.7. The van der Waals surface area contributed by atoms with E-state index in [-0.39, 0.29) is 6.04 Å². The van der Waals surface area contributed by atoms with E-state index in [9.17, 15) is 0 Å². The molecule has 100 valence electrons. The van der Waals surface area contributed by atoms with E-state index in [2.05, 4.69) is 67.3 Å². The quantitative estimate of drug-likeness (QED) is 0.884. The van der Waals surface area contributed by atoms with Gasteiger partial charge in [0.1, 0.15) is 0 Å². The fourth-order valence-electron chi connectivity index (χ4n) is 2.51. The van der Waals surface area contributed by atoms with Crippen LogP contribution in [-0.4, -0.2) is 13.1 Å². The van der Waals surface area contributed by atoms with Crippen LogP contribution in [-0.2, 0) is 0 Å². The van der Waals surface area contributed by atoms with Gasteiger partial charge in [-0.2, -0.15) is 0 Å². The lowest BCUT2D eigenvalue weighted by Crippen LogP contribution is -2.33. The predicted molar refractivity (Wildman–Crippen MR) is 82.4 cm³/mol. The van der Waals surface area contributed by atoms with Crippen LogP contribution in [0.15, 0.2) is 54.6 Å². The first-order valence-electron chi connectivity index (χ1n) is 6.84. The molecule has 2 nitrogen and oxygen atoms in total. The van der Waals surface area contributed by atoms with Crippen LogP contribution in [0.2, 0.25) is 0 Å². The Bertz CT molecular complexity index is 508. The van der Waals surface area contributed by atoms with Gasteiger partial charge >= 0.3 is 0 Å². The van der Waals surface area contributed by atoms with E-state index in [1.165, 1.54) is 16.8 Å². The van der Waals surface area contributed by atoms with Gasteiger partial charge in [-0.15, -0.1) is 0 Å². The van der Waals surface area contributed by atoms with E-state index < -0.39 is 0 Å². The lowest BCUT2D eigenvalue weighted by Gasteiger charge is -2.32. The summed E-state index contributed by atoms with van der Waals surface area (Å²) in [5.74, 6) is 0. The molecule has 0 aromatic heterocycles. The Morgan fingerprint density at radius 1 is 1.05 bits per heavy atom. The zero-order valence-corrected chi connectivity index (χ0v) is 11.7. The second kappa shape index (κ2) is 6.39. The summed E-state index contributed by atoms with van der Waals surface area (Å²) < 4.78 is 0. The van der Waals surface area contributed by atoms with Crippen molar-refractivity contribution in [1.82, 2.24) is 0 Å². The van der Waals surface area contributed by atoms with Crippen molar-refractivity contribution in [3.05, 3.63) is 65.7 Å². The first-order valence-corrected chi connectivity index (χ1v) is 6.84. The Labute approximate surface area is 115 Å².